The van der Waals surface area contributed by atoms with Crippen LogP contribution in [0.5, 0.6) is 0 Å². The van der Waals surface area contributed by atoms with E-state index in [2.05, 4.69) is 0 Å². The number of ether oxygens (including phenoxy) is 10. The molecule has 7 aromatic rings. The van der Waals surface area contributed by atoms with Crippen molar-refractivity contribution in [2.75, 3.05) is 13.2 Å². The van der Waals surface area contributed by atoms with Crippen LogP contribution < -0.4 is 0 Å². The molecule has 0 bridgehead atoms. The summed E-state index contributed by atoms with van der Waals surface area (Å²) in [5.41, 5.74) is 5.87. The molecule has 9 rings (SSSR count). The van der Waals surface area contributed by atoms with E-state index >= 15 is 0 Å². The Kier molecular flexibility index (Phi) is 19.1. The highest BCUT2D eigenvalue weighted by Crippen LogP contribution is 2.34. The average molecular weight is 987 g/mol. The molecule has 0 amide bonds. The summed E-state index contributed by atoms with van der Waals surface area (Å²) >= 11 is 0. The van der Waals surface area contributed by atoms with Crippen LogP contribution in [0.4, 0.5) is 0 Å². The van der Waals surface area contributed by atoms with E-state index in [4.69, 9.17) is 47.4 Å². The number of hydrogen-bond acceptors (Lipinski definition) is 12. The minimum Gasteiger partial charge on any atom is -0.450 e. The van der Waals surface area contributed by atoms with Gasteiger partial charge in [0.25, 0.3) is 0 Å². The summed E-state index contributed by atoms with van der Waals surface area (Å²) < 4.78 is 66.9. The average Bonchev–Trinajstić information content (AvgIpc) is 3.44. The van der Waals surface area contributed by atoms with Crippen LogP contribution in [0.3, 0.4) is 0 Å². The van der Waals surface area contributed by atoms with Crippen LogP contribution in [0.25, 0.3) is 0 Å². The highest BCUT2D eigenvalue weighted by atomic mass is 16.7. The second kappa shape index (κ2) is 27.1. The first-order valence-electron chi connectivity index (χ1n) is 24.8. The van der Waals surface area contributed by atoms with Crippen LogP contribution in [0.2, 0.25) is 0 Å². The fraction of sp³-hybridized carbons (Fsp3) is 0.295. The van der Waals surface area contributed by atoms with Crippen molar-refractivity contribution in [3.63, 3.8) is 0 Å². The van der Waals surface area contributed by atoms with E-state index in [1.165, 1.54) is 0 Å². The first kappa shape index (κ1) is 51.5. The second-order valence-corrected chi connectivity index (χ2v) is 18.0. The lowest BCUT2D eigenvalue weighted by Gasteiger charge is -2.47. The predicted molar refractivity (Wildman–Crippen MR) is 272 cm³/mol. The van der Waals surface area contributed by atoms with E-state index in [0.717, 1.165) is 33.4 Å². The van der Waals surface area contributed by atoms with Crippen molar-refractivity contribution in [1.82, 2.24) is 0 Å². The summed E-state index contributed by atoms with van der Waals surface area (Å²) in [6.45, 7) is 1.06. The summed E-state index contributed by atoms with van der Waals surface area (Å²) in [7, 11) is 0. The molecule has 0 spiro atoms. The monoisotopic (exact) mass is 986 g/mol. The molecular weight excluding hydrogens is 925 g/mol. The van der Waals surface area contributed by atoms with E-state index in [0.29, 0.717) is 12.2 Å². The van der Waals surface area contributed by atoms with Gasteiger partial charge in [-0.05, 0) is 45.5 Å². The Hall–Kier alpha value is -6.39. The zero-order valence-electron chi connectivity index (χ0n) is 40.6. The smallest absolute Gasteiger partial charge is 0.338 e. The van der Waals surface area contributed by atoms with E-state index < -0.39 is 67.4 Å². The van der Waals surface area contributed by atoms with Gasteiger partial charge in [0.2, 0.25) is 0 Å². The lowest BCUT2D eigenvalue weighted by molar-refractivity contribution is -0.343. The van der Waals surface area contributed by atoms with Crippen LogP contribution in [-0.2, 0) is 87.0 Å². The number of esters is 1. The summed E-state index contributed by atoms with van der Waals surface area (Å²) in [5.74, 6) is -0.613. The SMILES string of the molecule is O=C(O[C@@H]1[C@@H](OC[C@H]2O[C@H](O)[C@H](OCc3ccccc3)[C@@H](OCc3ccccc3)[C@@H]2OCc2ccccc2)O[C@H](COCc2ccccc2)[C@@H](OCc2ccccc2)[C@@H]1OCc1ccccc1)c1ccccc1. The number of carbonyl (C=O) groups is 1. The third kappa shape index (κ3) is 14.9. The zero-order valence-corrected chi connectivity index (χ0v) is 40.6. The molecule has 1 N–H and O–H groups in total. The third-order valence-corrected chi connectivity index (χ3v) is 12.7. The summed E-state index contributed by atoms with van der Waals surface area (Å²) in [4.78, 5) is 14.3. The molecular formula is C61H62O12. The Morgan fingerprint density at radius 2 is 0.685 bits per heavy atom. The van der Waals surface area contributed by atoms with Crippen molar-refractivity contribution < 1.29 is 57.3 Å². The first-order valence-corrected chi connectivity index (χ1v) is 24.8. The fourth-order valence-corrected chi connectivity index (χ4v) is 8.92. The number of aliphatic hydroxyl groups is 1. The quantitative estimate of drug-likeness (QED) is 0.0579. The number of benzene rings is 7. The molecule has 0 aromatic heterocycles. The molecule has 2 saturated heterocycles. The molecule has 2 heterocycles. The number of carbonyl (C=O) groups excluding carboxylic acids is 1. The lowest BCUT2D eigenvalue weighted by Crippen LogP contribution is -2.64. The first-order chi connectivity index (χ1) is 36.0. The number of rotatable bonds is 24. The van der Waals surface area contributed by atoms with Gasteiger partial charge in [-0.3, -0.25) is 0 Å². The molecule has 2 aliphatic heterocycles. The number of aliphatic hydroxyl groups excluding tert-OH is 1. The predicted octanol–water partition coefficient (Wildman–Crippen LogP) is 9.81. The largest absolute Gasteiger partial charge is 0.450 e. The van der Waals surface area contributed by atoms with E-state index in [1.54, 1.807) is 24.3 Å². The minimum atomic E-state index is -1.47. The molecule has 2 fully saturated rings. The second-order valence-electron chi connectivity index (χ2n) is 18.0. The van der Waals surface area contributed by atoms with Gasteiger partial charge < -0.3 is 52.5 Å². The molecule has 0 unspecified atom stereocenters. The molecule has 0 radical (unpaired) electrons. The Bertz CT molecular complexity index is 2630. The maximum atomic E-state index is 14.3. The minimum absolute atomic E-state index is 0.0655. The van der Waals surface area contributed by atoms with Crippen molar-refractivity contribution in [3.05, 3.63) is 251 Å². The highest BCUT2D eigenvalue weighted by molar-refractivity contribution is 5.89. The van der Waals surface area contributed by atoms with Gasteiger partial charge in [0, 0.05) is 0 Å². The zero-order chi connectivity index (χ0) is 49.9. The third-order valence-electron chi connectivity index (χ3n) is 12.7. The Balaban J connectivity index is 1.05. The van der Waals surface area contributed by atoms with Crippen molar-refractivity contribution in [2.45, 2.75) is 101 Å². The van der Waals surface area contributed by atoms with Gasteiger partial charge in [0.15, 0.2) is 18.7 Å². The Morgan fingerprint density at radius 1 is 0.356 bits per heavy atom. The molecule has 10 atom stereocenters. The van der Waals surface area contributed by atoms with Crippen LogP contribution in [0, 0.1) is 0 Å². The molecule has 0 saturated carbocycles. The molecule has 12 heteroatoms. The summed E-state index contributed by atoms with van der Waals surface area (Å²) in [5, 5.41) is 12.0. The van der Waals surface area contributed by atoms with Crippen molar-refractivity contribution >= 4 is 5.97 Å². The van der Waals surface area contributed by atoms with Gasteiger partial charge >= 0.3 is 5.97 Å². The van der Waals surface area contributed by atoms with E-state index in [-0.39, 0.29) is 46.2 Å². The van der Waals surface area contributed by atoms with Crippen LogP contribution in [0.1, 0.15) is 43.7 Å². The van der Waals surface area contributed by atoms with E-state index in [9.17, 15) is 9.90 Å². The molecule has 12 nitrogen and oxygen atoms in total. The van der Waals surface area contributed by atoms with Gasteiger partial charge in [-0.1, -0.05) is 200 Å². The van der Waals surface area contributed by atoms with Gasteiger partial charge in [-0.25, -0.2) is 4.79 Å². The molecule has 73 heavy (non-hydrogen) atoms. The van der Waals surface area contributed by atoms with E-state index in [1.807, 2.05) is 188 Å². The number of hydrogen-bond donors (Lipinski definition) is 1. The van der Waals surface area contributed by atoms with Crippen molar-refractivity contribution in [3.8, 4) is 0 Å². The highest BCUT2D eigenvalue weighted by Gasteiger charge is 2.53. The summed E-state index contributed by atoms with van der Waals surface area (Å²) in [6, 6.07) is 67.4. The summed E-state index contributed by atoms with van der Waals surface area (Å²) in [6.07, 6.45) is -10.2. The Morgan fingerprint density at radius 3 is 1.10 bits per heavy atom. The van der Waals surface area contributed by atoms with Gasteiger partial charge in [-0.15, -0.1) is 0 Å². The van der Waals surface area contributed by atoms with Crippen molar-refractivity contribution in [2.24, 2.45) is 0 Å². The molecule has 7 aromatic carbocycles. The molecule has 378 valence electrons. The van der Waals surface area contributed by atoms with Gasteiger partial charge in [0.1, 0.15) is 42.7 Å². The maximum absolute atomic E-state index is 14.3. The standard InChI is InChI=1S/C61H62O12/c62-59(50-34-20-7-21-35-50)73-58-56(68-40-48-30-16-5-17-31-48)53(65-37-45-24-10-2-11-25-45)51(42-64-36-44-22-8-1-9-23-44)72-61(58)70-43-52-54(66-38-46-26-12-3-13-27-46)55(67-39-47-28-14-4-15-29-47)57(60(63)71-52)69-41-49-32-18-6-19-33-49/h1-35,51-58,60-61,63H,36-43H2/t51-,52-,53-,54-,55+,56+,57-,58+,60+,61+/m1/s1. The van der Waals surface area contributed by atoms with Gasteiger partial charge in [-0.2, -0.15) is 0 Å². The molecule has 0 aliphatic carbocycles. The maximum Gasteiger partial charge on any atom is 0.338 e. The normalized spacial score (nSPS) is 23.9. The molecule has 2 aliphatic rings. The van der Waals surface area contributed by atoms with Crippen molar-refractivity contribution in [1.29, 1.82) is 0 Å². The van der Waals surface area contributed by atoms with Gasteiger partial charge in [0.05, 0.1) is 58.4 Å². The van der Waals surface area contributed by atoms with Crippen LogP contribution in [0.15, 0.2) is 212 Å². The van der Waals surface area contributed by atoms with Crippen LogP contribution in [-0.4, -0.2) is 85.7 Å². The van der Waals surface area contributed by atoms with Crippen LogP contribution >= 0.6 is 0 Å². The Labute approximate surface area is 427 Å². The topological polar surface area (TPSA) is 130 Å². The lowest BCUT2D eigenvalue weighted by atomic mass is 9.97. The fourth-order valence-electron chi connectivity index (χ4n) is 8.92.